The third-order valence-corrected chi connectivity index (χ3v) is 5.16. The van der Waals surface area contributed by atoms with Gasteiger partial charge in [0.1, 0.15) is 6.54 Å². The van der Waals surface area contributed by atoms with Gasteiger partial charge in [-0.1, -0.05) is 25.3 Å². The Morgan fingerprint density at radius 2 is 1.89 bits per heavy atom. The van der Waals surface area contributed by atoms with Crippen LogP contribution in [-0.2, 0) is 17.9 Å². The summed E-state index contributed by atoms with van der Waals surface area (Å²) in [6, 6.07) is 9.39. The summed E-state index contributed by atoms with van der Waals surface area (Å²) in [5.74, 6) is -0.214. The van der Waals surface area contributed by atoms with Gasteiger partial charge in [0, 0.05) is 18.4 Å². The van der Waals surface area contributed by atoms with Gasteiger partial charge in [-0.3, -0.25) is 18.9 Å². The summed E-state index contributed by atoms with van der Waals surface area (Å²) in [5.41, 5.74) is 2.01. The Morgan fingerprint density at radius 1 is 1.07 bits per heavy atom. The molecule has 1 saturated carbocycles. The number of nitrogens with zero attached hydrogens (tertiary/aromatic N) is 4. The third kappa shape index (κ3) is 3.63. The average Bonchev–Trinajstić information content (AvgIpc) is 2.99. The van der Waals surface area contributed by atoms with E-state index in [0.717, 1.165) is 31.4 Å². The van der Waals surface area contributed by atoms with Crippen molar-refractivity contribution in [2.75, 3.05) is 0 Å². The standard InChI is InChI=1S/C20H23N5O2/c26-18(23-13-15-7-4-5-11-21-15)14-24-17-10-6-12-22-19(17)25(20(24)27)16-8-2-1-3-9-16/h4-7,10-12,16H,1-3,8-9,13-14H2,(H,23,26). The highest BCUT2D eigenvalue weighted by atomic mass is 16.2. The maximum atomic E-state index is 13.1. The molecule has 4 rings (SSSR count). The topological polar surface area (TPSA) is 81.8 Å². The minimum atomic E-state index is -0.214. The molecule has 1 fully saturated rings. The smallest absolute Gasteiger partial charge is 0.331 e. The van der Waals surface area contributed by atoms with Crippen LogP contribution >= 0.6 is 0 Å². The maximum Gasteiger partial charge on any atom is 0.331 e. The van der Waals surface area contributed by atoms with Gasteiger partial charge in [-0.25, -0.2) is 9.78 Å². The Labute approximate surface area is 157 Å². The lowest BCUT2D eigenvalue weighted by atomic mass is 9.95. The van der Waals surface area contributed by atoms with E-state index in [9.17, 15) is 9.59 Å². The van der Waals surface area contributed by atoms with E-state index in [-0.39, 0.29) is 24.2 Å². The normalized spacial score (nSPS) is 15.1. The van der Waals surface area contributed by atoms with Crippen molar-refractivity contribution >= 4 is 17.1 Å². The van der Waals surface area contributed by atoms with Crippen LogP contribution in [0.5, 0.6) is 0 Å². The predicted molar refractivity (Wildman–Crippen MR) is 102 cm³/mol. The van der Waals surface area contributed by atoms with E-state index in [2.05, 4.69) is 15.3 Å². The van der Waals surface area contributed by atoms with Gasteiger partial charge in [0.15, 0.2) is 5.65 Å². The molecular weight excluding hydrogens is 342 g/mol. The lowest BCUT2D eigenvalue weighted by Crippen LogP contribution is -2.34. The number of carbonyl (C=O) groups excluding carboxylic acids is 1. The quantitative estimate of drug-likeness (QED) is 0.753. The van der Waals surface area contributed by atoms with E-state index in [4.69, 9.17) is 0 Å². The summed E-state index contributed by atoms with van der Waals surface area (Å²) in [5, 5.41) is 2.84. The number of fused-ring (bicyclic) bond motifs is 1. The first-order chi connectivity index (χ1) is 13.2. The van der Waals surface area contributed by atoms with E-state index in [1.54, 1.807) is 23.0 Å². The number of rotatable bonds is 5. The lowest BCUT2D eigenvalue weighted by molar-refractivity contribution is -0.121. The number of amides is 1. The van der Waals surface area contributed by atoms with Crippen LogP contribution in [0.15, 0.2) is 47.5 Å². The highest BCUT2D eigenvalue weighted by molar-refractivity contribution is 5.79. The zero-order valence-corrected chi connectivity index (χ0v) is 15.2. The first kappa shape index (κ1) is 17.5. The molecule has 0 spiro atoms. The molecule has 0 aliphatic heterocycles. The molecule has 0 saturated heterocycles. The van der Waals surface area contributed by atoms with Gasteiger partial charge < -0.3 is 5.32 Å². The molecule has 0 bridgehead atoms. The number of hydrogen-bond acceptors (Lipinski definition) is 4. The second-order valence-corrected chi connectivity index (χ2v) is 6.97. The van der Waals surface area contributed by atoms with E-state index >= 15 is 0 Å². The number of pyridine rings is 2. The summed E-state index contributed by atoms with van der Waals surface area (Å²) in [6.07, 6.45) is 8.83. The van der Waals surface area contributed by atoms with Crippen LogP contribution in [0.25, 0.3) is 11.2 Å². The summed E-state index contributed by atoms with van der Waals surface area (Å²) in [4.78, 5) is 34.2. The van der Waals surface area contributed by atoms with Crippen molar-refractivity contribution in [2.24, 2.45) is 0 Å². The molecule has 140 valence electrons. The van der Waals surface area contributed by atoms with Crippen molar-refractivity contribution in [3.63, 3.8) is 0 Å². The van der Waals surface area contributed by atoms with Crippen molar-refractivity contribution in [1.29, 1.82) is 0 Å². The van der Waals surface area contributed by atoms with Gasteiger partial charge in [-0.15, -0.1) is 0 Å². The number of nitrogens with one attached hydrogen (secondary N) is 1. The molecular formula is C20H23N5O2. The second-order valence-electron chi connectivity index (χ2n) is 6.97. The molecule has 0 atom stereocenters. The largest absolute Gasteiger partial charge is 0.349 e. The van der Waals surface area contributed by atoms with Crippen LogP contribution in [0, 0.1) is 0 Å². The number of imidazole rings is 1. The van der Waals surface area contributed by atoms with Gasteiger partial charge in [0.2, 0.25) is 5.91 Å². The van der Waals surface area contributed by atoms with Crippen LogP contribution in [0.4, 0.5) is 0 Å². The zero-order valence-electron chi connectivity index (χ0n) is 15.2. The van der Waals surface area contributed by atoms with E-state index in [0.29, 0.717) is 17.7 Å². The van der Waals surface area contributed by atoms with Crippen molar-refractivity contribution in [2.45, 2.75) is 51.2 Å². The summed E-state index contributed by atoms with van der Waals surface area (Å²) in [6.45, 7) is 0.321. The highest BCUT2D eigenvalue weighted by Crippen LogP contribution is 2.29. The summed E-state index contributed by atoms with van der Waals surface area (Å²) in [7, 11) is 0. The first-order valence-corrected chi connectivity index (χ1v) is 9.46. The molecule has 3 aromatic rings. The monoisotopic (exact) mass is 365 g/mol. The maximum absolute atomic E-state index is 13.1. The molecule has 1 amide bonds. The average molecular weight is 365 g/mol. The van der Waals surface area contributed by atoms with E-state index in [1.165, 1.54) is 11.0 Å². The zero-order chi connectivity index (χ0) is 18.6. The Morgan fingerprint density at radius 3 is 2.67 bits per heavy atom. The second kappa shape index (κ2) is 7.73. The third-order valence-electron chi connectivity index (χ3n) is 5.16. The fourth-order valence-corrected chi connectivity index (χ4v) is 3.82. The molecule has 0 aromatic carbocycles. The minimum Gasteiger partial charge on any atom is -0.349 e. The fourth-order valence-electron chi connectivity index (χ4n) is 3.82. The molecule has 7 heteroatoms. The number of carbonyl (C=O) groups is 1. The Kier molecular flexibility index (Phi) is 5.00. The van der Waals surface area contributed by atoms with Crippen molar-refractivity contribution in [3.8, 4) is 0 Å². The van der Waals surface area contributed by atoms with Gasteiger partial charge in [-0.05, 0) is 37.1 Å². The van der Waals surface area contributed by atoms with Crippen LogP contribution in [0.1, 0.15) is 43.8 Å². The van der Waals surface area contributed by atoms with E-state index < -0.39 is 0 Å². The molecule has 3 heterocycles. The van der Waals surface area contributed by atoms with Crippen LogP contribution in [-0.4, -0.2) is 25.0 Å². The van der Waals surface area contributed by atoms with Crippen LogP contribution in [0.2, 0.25) is 0 Å². The summed E-state index contributed by atoms with van der Waals surface area (Å²) >= 11 is 0. The predicted octanol–water partition coefficient (Wildman–Crippen LogP) is 2.41. The molecule has 3 aromatic heterocycles. The number of hydrogen-bond donors (Lipinski definition) is 1. The first-order valence-electron chi connectivity index (χ1n) is 9.46. The Balaban J connectivity index is 1.59. The number of aromatic nitrogens is 4. The molecule has 1 aliphatic rings. The van der Waals surface area contributed by atoms with Crippen molar-refractivity contribution < 1.29 is 4.79 Å². The van der Waals surface area contributed by atoms with Crippen molar-refractivity contribution in [1.82, 2.24) is 24.4 Å². The van der Waals surface area contributed by atoms with Crippen LogP contribution < -0.4 is 11.0 Å². The molecule has 27 heavy (non-hydrogen) atoms. The van der Waals surface area contributed by atoms with Gasteiger partial charge in [-0.2, -0.15) is 0 Å². The van der Waals surface area contributed by atoms with Crippen LogP contribution in [0.3, 0.4) is 0 Å². The lowest BCUT2D eigenvalue weighted by Gasteiger charge is -2.22. The van der Waals surface area contributed by atoms with Gasteiger partial charge in [0.25, 0.3) is 0 Å². The molecule has 1 N–H and O–H groups in total. The molecule has 7 nitrogen and oxygen atoms in total. The Hall–Kier alpha value is -2.96. The fraction of sp³-hybridized carbons (Fsp3) is 0.400. The minimum absolute atomic E-state index is 0.0203. The van der Waals surface area contributed by atoms with Gasteiger partial charge >= 0.3 is 5.69 Å². The van der Waals surface area contributed by atoms with Crippen molar-refractivity contribution in [3.05, 3.63) is 58.9 Å². The Bertz CT molecular complexity index is 987. The molecule has 0 unspecified atom stereocenters. The van der Waals surface area contributed by atoms with Gasteiger partial charge in [0.05, 0.1) is 17.8 Å². The SMILES string of the molecule is O=C(Cn1c(=O)n(C2CCCCC2)c2ncccc21)NCc1ccccn1. The molecule has 1 aliphatic carbocycles. The highest BCUT2D eigenvalue weighted by Gasteiger charge is 2.23. The summed E-state index contributed by atoms with van der Waals surface area (Å²) < 4.78 is 3.32. The van der Waals surface area contributed by atoms with E-state index in [1.807, 2.05) is 24.3 Å². The molecule has 0 radical (unpaired) electrons.